The summed E-state index contributed by atoms with van der Waals surface area (Å²) < 4.78 is 28.2. The lowest BCUT2D eigenvalue weighted by molar-refractivity contribution is 0.559. The molecule has 0 fully saturated rings. The molecule has 0 amide bonds. The lowest BCUT2D eigenvalue weighted by atomic mass is 10.3. The normalized spacial score (nSPS) is 10.7. The van der Waals surface area contributed by atoms with Gasteiger partial charge in [0.2, 0.25) is 5.13 Å². The van der Waals surface area contributed by atoms with Crippen LogP contribution in [0.2, 0.25) is 0 Å². The fraction of sp³-hybridized carbons (Fsp3) is 0.143. The van der Waals surface area contributed by atoms with E-state index in [0.29, 0.717) is 27.3 Å². The monoisotopic (exact) mass is 351 g/mol. The summed E-state index contributed by atoms with van der Waals surface area (Å²) in [6, 6.07) is 6.26. The van der Waals surface area contributed by atoms with E-state index in [1.807, 2.05) is 6.92 Å². The van der Waals surface area contributed by atoms with Crippen LogP contribution in [0.25, 0.3) is 0 Å². The summed E-state index contributed by atoms with van der Waals surface area (Å²) in [7, 11) is 0. The average molecular weight is 351 g/mol. The van der Waals surface area contributed by atoms with Gasteiger partial charge in [-0.15, -0.1) is 10.2 Å². The maximum atomic E-state index is 14.1. The molecule has 1 aromatic carbocycles. The first-order valence-electron chi connectivity index (χ1n) is 6.69. The number of rotatable bonds is 5. The van der Waals surface area contributed by atoms with Crippen molar-refractivity contribution >= 4 is 33.9 Å². The third-order valence-electron chi connectivity index (χ3n) is 2.87. The Morgan fingerprint density at radius 3 is 2.78 bits per heavy atom. The predicted molar refractivity (Wildman–Crippen MR) is 85.1 cm³/mol. The van der Waals surface area contributed by atoms with Gasteiger partial charge < -0.3 is 5.32 Å². The first-order chi connectivity index (χ1) is 11.2. The van der Waals surface area contributed by atoms with Crippen molar-refractivity contribution in [3.05, 3.63) is 47.9 Å². The van der Waals surface area contributed by atoms with Crippen LogP contribution in [0.5, 0.6) is 0 Å². The minimum absolute atomic E-state index is 0.199. The van der Waals surface area contributed by atoms with Gasteiger partial charge in [0.1, 0.15) is 17.2 Å². The lowest BCUT2D eigenvalue weighted by Crippen LogP contribution is -1.97. The van der Waals surface area contributed by atoms with Crippen LogP contribution < -0.4 is 5.32 Å². The Morgan fingerprint density at radius 2 is 2.00 bits per heavy atom. The van der Waals surface area contributed by atoms with Gasteiger partial charge in [-0.3, -0.25) is 0 Å². The van der Waals surface area contributed by atoms with Crippen LogP contribution in [0.15, 0.2) is 40.0 Å². The van der Waals surface area contributed by atoms with Gasteiger partial charge in [-0.05, 0) is 30.3 Å². The molecule has 0 saturated carbocycles. The second-order valence-corrected chi connectivity index (χ2v) is 6.59. The van der Waals surface area contributed by atoms with Gasteiger partial charge in [0.15, 0.2) is 10.2 Å². The molecule has 0 unspecified atom stereocenters. The van der Waals surface area contributed by atoms with E-state index >= 15 is 0 Å². The van der Waals surface area contributed by atoms with Crippen LogP contribution in [0.1, 0.15) is 12.6 Å². The first kappa shape index (κ1) is 15.8. The number of hydrogen-bond acceptors (Lipinski definition) is 7. The van der Waals surface area contributed by atoms with E-state index in [-0.39, 0.29) is 10.8 Å². The van der Waals surface area contributed by atoms with Crippen molar-refractivity contribution in [1.82, 2.24) is 20.2 Å². The molecule has 3 rings (SSSR count). The van der Waals surface area contributed by atoms with Crippen molar-refractivity contribution in [1.29, 1.82) is 0 Å². The van der Waals surface area contributed by atoms with E-state index in [0.717, 1.165) is 11.8 Å². The van der Waals surface area contributed by atoms with Gasteiger partial charge in [-0.1, -0.05) is 30.4 Å². The minimum atomic E-state index is -0.446. The third-order valence-corrected chi connectivity index (χ3v) is 4.74. The lowest BCUT2D eigenvalue weighted by Gasteiger charge is -2.02. The third kappa shape index (κ3) is 3.62. The number of anilines is 2. The second kappa shape index (κ2) is 6.97. The van der Waals surface area contributed by atoms with E-state index in [9.17, 15) is 8.78 Å². The van der Waals surface area contributed by atoms with Crippen LogP contribution in [-0.2, 0) is 6.42 Å². The van der Waals surface area contributed by atoms with Gasteiger partial charge in [0.25, 0.3) is 0 Å². The fourth-order valence-electron chi connectivity index (χ4n) is 1.77. The fourth-order valence-corrected chi connectivity index (χ4v) is 3.45. The number of nitrogens with one attached hydrogen (secondary N) is 1. The van der Waals surface area contributed by atoms with Crippen LogP contribution in [-0.4, -0.2) is 20.2 Å². The number of benzene rings is 1. The Morgan fingerprint density at radius 1 is 1.17 bits per heavy atom. The van der Waals surface area contributed by atoms with Crippen molar-refractivity contribution < 1.29 is 8.78 Å². The molecule has 0 radical (unpaired) electrons. The highest BCUT2D eigenvalue weighted by Crippen LogP contribution is 2.33. The van der Waals surface area contributed by atoms with Gasteiger partial charge in [0.05, 0.1) is 11.4 Å². The first-order valence-corrected chi connectivity index (χ1v) is 8.33. The Balaban J connectivity index is 1.77. The number of para-hydroxylation sites is 1. The van der Waals surface area contributed by atoms with E-state index < -0.39 is 5.82 Å². The summed E-state index contributed by atoms with van der Waals surface area (Å²) in [5.41, 5.74) is 0.665. The molecular weight excluding hydrogens is 340 g/mol. The van der Waals surface area contributed by atoms with E-state index in [1.165, 1.54) is 23.7 Å². The largest absolute Gasteiger partial charge is 0.328 e. The van der Waals surface area contributed by atoms with Gasteiger partial charge in [0, 0.05) is 0 Å². The molecule has 23 heavy (non-hydrogen) atoms. The number of halogens is 2. The SMILES string of the molecule is CCc1ncnc(Sc2nnc(Nc3ccccc3F)s2)c1F. The maximum Gasteiger partial charge on any atom is 0.210 e. The molecule has 3 aromatic rings. The highest BCUT2D eigenvalue weighted by Gasteiger charge is 2.14. The molecule has 1 N–H and O–H groups in total. The summed E-state index contributed by atoms with van der Waals surface area (Å²) in [5, 5.41) is 11.3. The maximum absolute atomic E-state index is 14.1. The molecule has 2 aromatic heterocycles. The smallest absolute Gasteiger partial charge is 0.210 e. The zero-order valence-electron chi connectivity index (χ0n) is 12.0. The Bertz CT molecular complexity index is 824. The van der Waals surface area contributed by atoms with E-state index in [2.05, 4.69) is 25.5 Å². The molecule has 5 nitrogen and oxygen atoms in total. The molecule has 0 aliphatic rings. The molecule has 9 heteroatoms. The van der Waals surface area contributed by atoms with Crippen molar-refractivity contribution in [3.63, 3.8) is 0 Å². The Kier molecular flexibility index (Phi) is 4.77. The molecule has 0 saturated heterocycles. The van der Waals surface area contributed by atoms with Crippen LogP contribution in [0.4, 0.5) is 19.6 Å². The summed E-state index contributed by atoms with van der Waals surface area (Å²) in [4.78, 5) is 7.81. The summed E-state index contributed by atoms with van der Waals surface area (Å²) >= 11 is 2.25. The van der Waals surface area contributed by atoms with Crippen molar-refractivity contribution in [2.24, 2.45) is 0 Å². The quantitative estimate of drug-likeness (QED) is 0.699. The molecule has 2 heterocycles. The summed E-state index contributed by atoms with van der Waals surface area (Å²) in [5.74, 6) is -0.829. The van der Waals surface area contributed by atoms with E-state index in [4.69, 9.17) is 0 Å². The standard InChI is InChI=1S/C14H11F2N5S2/c1-2-9-11(16)12(18-7-17-9)22-14-21-20-13(23-14)19-10-6-4-3-5-8(10)15/h3-7H,2H2,1H3,(H,19,20). The number of aryl methyl sites for hydroxylation is 1. The van der Waals surface area contributed by atoms with Crippen molar-refractivity contribution in [2.75, 3.05) is 5.32 Å². The molecule has 0 aliphatic heterocycles. The molecule has 0 bridgehead atoms. The van der Waals surface area contributed by atoms with E-state index in [1.54, 1.807) is 18.2 Å². The summed E-state index contributed by atoms with van der Waals surface area (Å²) in [6.07, 6.45) is 1.81. The number of nitrogens with zero attached hydrogens (tertiary/aromatic N) is 4. The zero-order valence-corrected chi connectivity index (χ0v) is 13.6. The Labute approximate surface area is 139 Å². The summed E-state index contributed by atoms with van der Waals surface area (Å²) in [6.45, 7) is 1.82. The minimum Gasteiger partial charge on any atom is -0.328 e. The van der Waals surface area contributed by atoms with Crippen LogP contribution >= 0.6 is 23.1 Å². The van der Waals surface area contributed by atoms with Gasteiger partial charge in [-0.2, -0.15) is 0 Å². The molecule has 0 spiro atoms. The van der Waals surface area contributed by atoms with Crippen LogP contribution in [0.3, 0.4) is 0 Å². The second-order valence-electron chi connectivity index (χ2n) is 4.37. The molecule has 118 valence electrons. The van der Waals surface area contributed by atoms with Crippen LogP contribution in [0, 0.1) is 11.6 Å². The Hall–Kier alpha value is -2.13. The number of hydrogen-bond donors (Lipinski definition) is 1. The van der Waals surface area contributed by atoms with Crippen molar-refractivity contribution in [2.45, 2.75) is 22.7 Å². The molecule has 0 aliphatic carbocycles. The average Bonchev–Trinajstić information content (AvgIpc) is 2.99. The predicted octanol–water partition coefficient (Wildman–Crippen LogP) is 4.06. The van der Waals surface area contributed by atoms with Crippen molar-refractivity contribution in [3.8, 4) is 0 Å². The highest BCUT2D eigenvalue weighted by atomic mass is 32.2. The molecular formula is C14H11F2N5S2. The highest BCUT2D eigenvalue weighted by molar-refractivity contribution is 8.01. The number of aromatic nitrogens is 4. The van der Waals surface area contributed by atoms with Gasteiger partial charge >= 0.3 is 0 Å². The topological polar surface area (TPSA) is 63.6 Å². The molecule has 0 atom stereocenters. The van der Waals surface area contributed by atoms with Gasteiger partial charge in [-0.25, -0.2) is 18.7 Å². The zero-order chi connectivity index (χ0) is 16.2.